The molecule has 2 aromatic carbocycles. The number of rotatable bonds is 6. The zero-order valence-corrected chi connectivity index (χ0v) is 17.0. The first-order chi connectivity index (χ1) is 13.5. The van der Waals surface area contributed by atoms with E-state index < -0.39 is 0 Å². The van der Waals surface area contributed by atoms with E-state index >= 15 is 0 Å². The smallest absolute Gasteiger partial charge is 0.253 e. The quantitative estimate of drug-likeness (QED) is 0.752. The fourth-order valence-electron chi connectivity index (χ4n) is 3.26. The fourth-order valence-corrected chi connectivity index (χ4v) is 3.61. The van der Waals surface area contributed by atoms with E-state index in [0.29, 0.717) is 10.6 Å². The number of piperidine rings is 1. The van der Waals surface area contributed by atoms with Crippen LogP contribution in [-0.4, -0.2) is 42.4 Å². The highest BCUT2D eigenvalue weighted by molar-refractivity contribution is 6.33. The van der Waals surface area contributed by atoms with Crippen molar-refractivity contribution in [2.45, 2.75) is 25.4 Å². The molecule has 1 saturated heterocycles. The van der Waals surface area contributed by atoms with Crippen molar-refractivity contribution in [1.82, 2.24) is 15.5 Å². The Morgan fingerprint density at radius 3 is 2.36 bits per heavy atom. The number of hydrogen-bond acceptors (Lipinski definition) is 3. The van der Waals surface area contributed by atoms with E-state index in [2.05, 4.69) is 15.5 Å². The average molecular weight is 420 g/mol. The van der Waals surface area contributed by atoms with Gasteiger partial charge in [-0.1, -0.05) is 47.5 Å². The number of carbonyl (C=O) groups is 2. The summed E-state index contributed by atoms with van der Waals surface area (Å²) in [6.45, 7) is 2.65. The van der Waals surface area contributed by atoms with E-state index in [1.807, 2.05) is 24.3 Å². The van der Waals surface area contributed by atoms with Gasteiger partial charge in [-0.2, -0.15) is 0 Å². The molecular formula is C21H23Cl2N3O2. The van der Waals surface area contributed by atoms with Gasteiger partial charge < -0.3 is 10.6 Å². The highest BCUT2D eigenvalue weighted by Gasteiger charge is 2.21. The highest BCUT2D eigenvalue weighted by atomic mass is 35.5. The van der Waals surface area contributed by atoms with Crippen molar-refractivity contribution >= 4 is 35.0 Å². The first kappa shape index (κ1) is 20.6. The van der Waals surface area contributed by atoms with Crippen LogP contribution in [0, 0.1) is 0 Å². The van der Waals surface area contributed by atoms with Gasteiger partial charge in [0.2, 0.25) is 5.91 Å². The van der Waals surface area contributed by atoms with Crippen molar-refractivity contribution in [2.24, 2.45) is 0 Å². The lowest BCUT2D eigenvalue weighted by atomic mass is 10.0. The second-order valence-electron chi connectivity index (χ2n) is 6.91. The van der Waals surface area contributed by atoms with Gasteiger partial charge in [0.05, 0.1) is 17.1 Å². The van der Waals surface area contributed by atoms with E-state index in [-0.39, 0.29) is 24.4 Å². The Balaban J connectivity index is 1.38. The Hall–Kier alpha value is -2.08. The molecule has 3 rings (SSSR count). The topological polar surface area (TPSA) is 61.4 Å². The molecule has 0 radical (unpaired) electrons. The van der Waals surface area contributed by atoms with Crippen molar-refractivity contribution < 1.29 is 9.59 Å². The van der Waals surface area contributed by atoms with Crippen LogP contribution in [0.1, 0.15) is 28.8 Å². The maximum absolute atomic E-state index is 12.2. The summed E-state index contributed by atoms with van der Waals surface area (Å²) in [7, 11) is 0. The summed E-state index contributed by atoms with van der Waals surface area (Å²) in [5.74, 6) is -0.532. The van der Waals surface area contributed by atoms with Crippen molar-refractivity contribution in [3.05, 3.63) is 69.7 Å². The van der Waals surface area contributed by atoms with Crippen LogP contribution in [0.5, 0.6) is 0 Å². The monoisotopic (exact) mass is 419 g/mol. The molecule has 0 aromatic heterocycles. The Morgan fingerprint density at radius 1 is 1.00 bits per heavy atom. The molecular weight excluding hydrogens is 397 g/mol. The summed E-state index contributed by atoms with van der Waals surface area (Å²) < 4.78 is 0. The summed E-state index contributed by atoms with van der Waals surface area (Å²) in [5, 5.41) is 6.73. The Kier molecular flexibility index (Phi) is 7.31. The molecule has 148 valence electrons. The summed E-state index contributed by atoms with van der Waals surface area (Å²) >= 11 is 11.9. The molecule has 1 heterocycles. The molecule has 2 amide bonds. The second-order valence-corrected chi connectivity index (χ2v) is 7.75. The van der Waals surface area contributed by atoms with Gasteiger partial charge in [-0.3, -0.25) is 14.5 Å². The van der Waals surface area contributed by atoms with Crippen LogP contribution in [0.15, 0.2) is 48.5 Å². The summed E-state index contributed by atoms with van der Waals surface area (Å²) in [4.78, 5) is 26.6. The summed E-state index contributed by atoms with van der Waals surface area (Å²) in [6, 6.07) is 14.8. The molecule has 1 aliphatic heterocycles. The molecule has 28 heavy (non-hydrogen) atoms. The zero-order chi connectivity index (χ0) is 19.9. The van der Waals surface area contributed by atoms with Gasteiger partial charge in [0.1, 0.15) is 0 Å². The summed E-state index contributed by atoms with van der Waals surface area (Å²) in [6.07, 6.45) is 1.77. The van der Waals surface area contributed by atoms with Gasteiger partial charge in [-0.05, 0) is 42.7 Å². The fraction of sp³-hybridized carbons (Fsp3) is 0.333. The van der Waals surface area contributed by atoms with Gasteiger partial charge in [0.15, 0.2) is 0 Å². The third-order valence-corrected chi connectivity index (χ3v) is 5.38. The highest BCUT2D eigenvalue weighted by Crippen LogP contribution is 2.16. The second kappa shape index (κ2) is 9.92. The zero-order valence-electron chi connectivity index (χ0n) is 15.5. The molecule has 0 saturated carbocycles. The first-order valence-corrected chi connectivity index (χ1v) is 10.1. The molecule has 0 aliphatic carbocycles. The van der Waals surface area contributed by atoms with E-state index in [1.54, 1.807) is 24.3 Å². The Labute approximate surface area is 175 Å². The number of amides is 2. The molecule has 7 heteroatoms. The number of hydrogen-bond donors (Lipinski definition) is 2. The number of nitrogens with zero attached hydrogens (tertiary/aromatic N) is 1. The van der Waals surface area contributed by atoms with Crippen LogP contribution in [0.2, 0.25) is 10.0 Å². The largest absolute Gasteiger partial charge is 0.352 e. The third kappa shape index (κ3) is 5.96. The van der Waals surface area contributed by atoms with Gasteiger partial charge in [0, 0.05) is 30.7 Å². The molecule has 1 aliphatic rings. The van der Waals surface area contributed by atoms with Crippen LogP contribution in [-0.2, 0) is 11.3 Å². The van der Waals surface area contributed by atoms with Crippen LogP contribution >= 0.6 is 23.2 Å². The normalized spacial score (nSPS) is 15.2. The molecule has 2 aromatic rings. The minimum Gasteiger partial charge on any atom is -0.352 e. The van der Waals surface area contributed by atoms with Crippen molar-refractivity contribution in [3.8, 4) is 0 Å². The number of likely N-dealkylation sites (tertiary alicyclic amines) is 1. The van der Waals surface area contributed by atoms with Crippen LogP contribution < -0.4 is 10.6 Å². The first-order valence-electron chi connectivity index (χ1n) is 9.30. The van der Waals surface area contributed by atoms with Gasteiger partial charge in [-0.25, -0.2) is 0 Å². The van der Waals surface area contributed by atoms with Crippen molar-refractivity contribution in [2.75, 3.05) is 19.6 Å². The van der Waals surface area contributed by atoms with Crippen LogP contribution in [0.4, 0.5) is 0 Å². The molecule has 0 unspecified atom stereocenters. The average Bonchev–Trinajstić information content (AvgIpc) is 2.70. The van der Waals surface area contributed by atoms with Crippen molar-refractivity contribution in [1.29, 1.82) is 0 Å². The maximum atomic E-state index is 12.2. The lowest BCUT2D eigenvalue weighted by molar-refractivity contribution is -0.121. The Bertz CT molecular complexity index is 819. The maximum Gasteiger partial charge on any atom is 0.253 e. The predicted molar refractivity (Wildman–Crippen MR) is 112 cm³/mol. The van der Waals surface area contributed by atoms with E-state index in [0.717, 1.165) is 37.5 Å². The van der Waals surface area contributed by atoms with Crippen LogP contribution in [0.3, 0.4) is 0 Å². The lowest BCUT2D eigenvalue weighted by Gasteiger charge is -2.32. The lowest BCUT2D eigenvalue weighted by Crippen LogP contribution is -2.47. The van der Waals surface area contributed by atoms with E-state index in [9.17, 15) is 9.59 Å². The molecule has 5 nitrogen and oxygen atoms in total. The molecule has 2 N–H and O–H groups in total. The SMILES string of the molecule is O=C(CNC(=O)c1ccccc1Cl)NC1CCN(Cc2ccc(Cl)cc2)CC1. The molecule has 0 bridgehead atoms. The number of halogens is 2. The molecule has 1 fully saturated rings. The minimum atomic E-state index is -0.349. The van der Waals surface area contributed by atoms with Crippen LogP contribution in [0.25, 0.3) is 0 Å². The van der Waals surface area contributed by atoms with Crippen molar-refractivity contribution in [3.63, 3.8) is 0 Å². The number of carbonyl (C=O) groups excluding carboxylic acids is 2. The van der Waals surface area contributed by atoms with Gasteiger partial charge in [-0.15, -0.1) is 0 Å². The predicted octanol–water partition coefficient (Wildman–Crippen LogP) is 3.50. The standard InChI is InChI=1S/C21H23Cl2N3O2/c22-16-7-5-15(6-8-16)14-26-11-9-17(10-12-26)25-20(27)13-24-21(28)18-3-1-2-4-19(18)23/h1-8,17H,9-14H2,(H,24,28)(H,25,27). The molecule has 0 atom stereocenters. The number of nitrogens with one attached hydrogen (secondary N) is 2. The third-order valence-electron chi connectivity index (χ3n) is 4.80. The van der Waals surface area contributed by atoms with Gasteiger partial charge in [0.25, 0.3) is 5.91 Å². The minimum absolute atomic E-state index is 0.0605. The van der Waals surface area contributed by atoms with Gasteiger partial charge >= 0.3 is 0 Å². The molecule has 0 spiro atoms. The van der Waals surface area contributed by atoms with E-state index in [1.165, 1.54) is 5.56 Å². The van der Waals surface area contributed by atoms with E-state index in [4.69, 9.17) is 23.2 Å². The summed E-state index contributed by atoms with van der Waals surface area (Å²) in [5.41, 5.74) is 1.60. The Morgan fingerprint density at radius 2 is 1.68 bits per heavy atom. The number of benzene rings is 2.